The van der Waals surface area contributed by atoms with E-state index >= 15 is 0 Å². The number of carbonyl (C=O) groups excluding carboxylic acids is 2. The molecule has 2 heterocycles. The van der Waals surface area contributed by atoms with Gasteiger partial charge in [-0.15, -0.1) is 0 Å². The number of amides is 1. The van der Waals surface area contributed by atoms with Crippen molar-refractivity contribution in [3.63, 3.8) is 0 Å². The SMILES string of the molecule is COCCN1C(=O)C(O)=C(C(=O)CC(C)C)C1c1ccccn1. The first kappa shape index (κ1) is 17.1. The van der Waals surface area contributed by atoms with Gasteiger partial charge < -0.3 is 14.7 Å². The van der Waals surface area contributed by atoms with Gasteiger partial charge in [-0.3, -0.25) is 14.6 Å². The highest BCUT2D eigenvalue weighted by atomic mass is 16.5. The summed E-state index contributed by atoms with van der Waals surface area (Å²) < 4.78 is 5.03. The van der Waals surface area contributed by atoms with Crippen molar-refractivity contribution in [3.8, 4) is 0 Å². The maximum atomic E-state index is 12.6. The van der Waals surface area contributed by atoms with Gasteiger partial charge in [0.2, 0.25) is 0 Å². The van der Waals surface area contributed by atoms with Gasteiger partial charge in [-0.05, 0) is 18.1 Å². The lowest BCUT2D eigenvalue weighted by atomic mass is 9.94. The molecule has 0 fully saturated rings. The van der Waals surface area contributed by atoms with Gasteiger partial charge in [0.05, 0.1) is 17.9 Å². The third kappa shape index (κ3) is 3.59. The van der Waals surface area contributed by atoms with E-state index in [-0.39, 0.29) is 30.2 Å². The summed E-state index contributed by atoms with van der Waals surface area (Å²) in [6.07, 6.45) is 1.88. The monoisotopic (exact) mass is 318 g/mol. The van der Waals surface area contributed by atoms with Gasteiger partial charge >= 0.3 is 0 Å². The minimum absolute atomic E-state index is 0.135. The number of aliphatic hydroxyl groups excluding tert-OH is 1. The summed E-state index contributed by atoms with van der Waals surface area (Å²) in [6, 6.07) is 4.64. The molecule has 0 spiro atoms. The van der Waals surface area contributed by atoms with E-state index in [1.807, 2.05) is 13.8 Å². The van der Waals surface area contributed by atoms with Crippen LogP contribution < -0.4 is 0 Å². The summed E-state index contributed by atoms with van der Waals surface area (Å²) in [4.78, 5) is 30.6. The van der Waals surface area contributed by atoms with Gasteiger partial charge in [0.15, 0.2) is 11.5 Å². The molecule has 6 heteroatoms. The van der Waals surface area contributed by atoms with Crippen LogP contribution in [0, 0.1) is 5.92 Å². The van der Waals surface area contributed by atoms with Gasteiger partial charge in [-0.1, -0.05) is 19.9 Å². The van der Waals surface area contributed by atoms with E-state index < -0.39 is 17.7 Å². The Balaban J connectivity index is 2.43. The van der Waals surface area contributed by atoms with E-state index in [1.165, 1.54) is 12.0 Å². The van der Waals surface area contributed by atoms with Crippen LogP contribution in [0.4, 0.5) is 0 Å². The van der Waals surface area contributed by atoms with Crippen LogP contribution >= 0.6 is 0 Å². The number of aliphatic hydroxyl groups is 1. The first-order chi connectivity index (χ1) is 11.0. The van der Waals surface area contributed by atoms with E-state index in [0.717, 1.165) is 0 Å². The summed E-state index contributed by atoms with van der Waals surface area (Å²) in [5.74, 6) is -1.11. The Kier molecular flexibility index (Phi) is 5.50. The molecule has 1 amide bonds. The fraction of sp³-hybridized carbons (Fsp3) is 0.471. The molecule has 23 heavy (non-hydrogen) atoms. The van der Waals surface area contributed by atoms with Crippen LogP contribution in [-0.4, -0.2) is 46.9 Å². The average molecular weight is 318 g/mol. The number of hydrogen-bond acceptors (Lipinski definition) is 5. The minimum Gasteiger partial charge on any atom is -0.503 e. The van der Waals surface area contributed by atoms with Crippen molar-refractivity contribution >= 4 is 11.7 Å². The number of nitrogens with zero attached hydrogens (tertiary/aromatic N) is 2. The lowest BCUT2D eigenvalue weighted by Crippen LogP contribution is -2.34. The molecule has 1 aliphatic heterocycles. The predicted octanol–water partition coefficient (Wildman–Crippen LogP) is 2.04. The summed E-state index contributed by atoms with van der Waals surface area (Å²) in [7, 11) is 1.54. The van der Waals surface area contributed by atoms with Crippen LogP contribution in [0.25, 0.3) is 0 Å². The fourth-order valence-corrected chi connectivity index (χ4v) is 2.68. The average Bonchev–Trinajstić information content (AvgIpc) is 2.77. The zero-order valence-corrected chi connectivity index (χ0v) is 13.7. The van der Waals surface area contributed by atoms with Crippen LogP contribution in [0.15, 0.2) is 35.7 Å². The molecule has 2 rings (SSSR count). The number of carbonyl (C=O) groups is 2. The minimum atomic E-state index is -0.662. The Hall–Kier alpha value is -2.21. The number of methoxy groups -OCH3 is 1. The second-order valence-corrected chi connectivity index (χ2v) is 5.93. The van der Waals surface area contributed by atoms with Gasteiger partial charge in [-0.25, -0.2) is 0 Å². The predicted molar refractivity (Wildman–Crippen MR) is 84.7 cm³/mol. The molecule has 0 bridgehead atoms. The Bertz CT molecular complexity index is 610. The Labute approximate surface area is 135 Å². The lowest BCUT2D eigenvalue weighted by molar-refractivity contribution is -0.130. The summed E-state index contributed by atoms with van der Waals surface area (Å²) in [5, 5.41) is 10.2. The van der Waals surface area contributed by atoms with E-state index in [2.05, 4.69) is 4.98 Å². The largest absolute Gasteiger partial charge is 0.503 e. The molecule has 124 valence electrons. The zero-order chi connectivity index (χ0) is 17.0. The maximum Gasteiger partial charge on any atom is 0.290 e. The van der Waals surface area contributed by atoms with Crippen LogP contribution in [-0.2, 0) is 14.3 Å². The molecule has 1 aromatic heterocycles. The fourth-order valence-electron chi connectivity index (χ4n) is 2.68. The molecule has 0 saturated heterocycles. The summed E-state index contributed by atoms with van der Waals surface area (Å²) >= 11 is 0. The van der Waals surface area contributed by atoms with Crippen LogP contribution in [0.5, 0.6) is 0 Å². The van der Waals surface area contributed by atoms with Crippen molar-refractivity contribution in [2.75, 3.05) is 20.3 Å². The van der Waals surface area contributed by atoms with Gasteiger partial charge in [-0.2, -0.15) is 0 Å². The zero-order valence-electron chi connectivity index (χ0n) is 13.7. The number of aromatic nitrogens is 1. The van der Waals surface area contributed by atoms with E-state index in [0.29, 0.717) is 12.3 Å². The number of hydrogen-bond donors (Lipinski definition) is 1. The van der Waals surface area contributed by atoms with Crippen LogP contribution in [0.2, 0.25) is 0 Å². The molecule has 1 aliphatic rings. The molecule has 0 saturated carbocycles. The highest BCUT2D eigenvalue weighted by Crippen LogP contribution is 2.37. The van der Waals surface area contributed by atoms with Gasteiger partial charge in [0, 0.05) is 26.3 Å². The Morgan fingerprint density at radius 1 is 1.43 bits per heavy atom. The number of ether oxygens (including phenoxy) is 1. The Morgan fingerprint density at radius 2 is 2.17 bits per heavy atom. The molecular formula is C17H22N2O4. The number of Topliss-reactive ketones (excluding diaryl/α,β-unsaturated/α-hetero) is 1. The second-order valence-electron chi connectivity index (χ2n) is 5.93. The smallest absolute Gasteiger partial charge is 0.290 e. The second kappa shape index (κ2) is 7.37. The molecule has 6 nitrogen and oxygen atoms in total. The lowest BCUT2D eigenvalue weighted by Gasteiger charge is -2.25. The maximum absolute atomic E-state index is 12.6. The van der Waals surface area contributed by atoms with Crippen LogP contribution in [0.1, 0.15) is 32.0 Å². The normalized spacial score (nSPS) is 18.2. The molecule has 0 aromatic carbocycles. The summed E-state index contributed by atoms with van der Waals surface area (Å²) in [5.41, 5.74) is 0.701. The van der Waals surface area contributed by atoms with Crippen molar-refractivity contribution in [3.05, 3.63) is 41.4 Å². The van der Waals surface area contributed by atoms with E-state index in [4.69, 9.17) is 4.74 Å². The van der Waals surface area contributed by atoms with Gasteiger partial charge in [0.25, 0.3) is 5.91 Å². The molecule has 0 radical (unpaired) electrons. The molecule has 1 unspecified atom stereocenters. The van der Waals surface area contributed by atoms with Crippen molar-refractivity contribution in [1.82, 2.24) is 9.88 Å². The molecule has 1 N–H and O–H groups in total. The van der Waals surface area contributed by atoms with Crippen molar-refractivity contribution in [2.45, 2.75) is 26.3 Å². The Morgan fingerprint density at radius 3 is 2.74 bits per heavy atom. The van der Waals surface area contributed by atoms with Crippen molar-refractivity contribution in [1.29, 1.82) is 0 Å². The topological polar surface area (TPSA) is 79.7 Å². The van der Waals surface area contributed by atoms with E-state index in [9.17, 15) is 14.7 Å². The highest BCUT2D eigenvalue weighted by Gasteiger charge is 2.43. The van der Waals surface area contributed by atoms with E-state index in [1.54, 1.807) is 24.4 Å². The number of pyridine rings is 1. The third-order valence-electron chi connectivity index (χ3n) is 3.70. The van der Waals surface area contributed by atoms with Crippen molar-refractivity contribution < 1.29 is 19.4 Å². The van der Waals surface area contributed by atoms with Gasteiger partial charge in [0.1, 0.15) is 6.04 Å². The molecular weight excluding hydrogens is 296 g/mol. The standard InChI is InChI=1S/C17H22N2O4/c1-11(2)10-13(20)14-15(12-6-4-5-7-18-12)19(8-9-23-3)17(22)16(14)21/h4-7,11,15,21H,8-10H2,1-3H3. The van der Waals surface area contributed by atoms with Crippen LogP contribution in [0.3, 0.4) is 0 Å². The number of rotatable bonds is 7. The third-order valence-corrected chi connectivity index (χ3v) is 3.70. The molecule has 1 aromatic rings. The molecule has 1 atom stereocenters. The van der Waals surface area contributed by atoms with Crippen molar-refractivity contribution in [2.24, 2.45) is 5.92 Å². The number of ketones is 1. The highest BCUT2D eigenvalue weighted by molar-refractivity contribution is 6.08. The first-order valence-electron chi connectivity index (χ1n) is 7.64. The first-order valence-corrected chi connectivity index (χ1v) is 7.64. The quantitative estimate of drug-likeness (QED) is 0.832. The summed E-state index contributed by atoms with van der Waals surface area (Å²) in [6.45, 7) is 4.43. The molecule has 0 aliphatic carbocycles.